The summed E-state index contributed by atoms with van der Waals surface area (Å²) in [7, 11) is 0. The van der Waals surface area contributed by atoms with Crippen molar-refractivity contribution in [2.45, 2.75) is 20.4 Å². The molecule has 2 aromatic heterocycles. The van der Waals surface area contributed by atoms with E-state index in [2.05, 4.69) is 47.0 Å². The maximum atomic E-state index is 4.62. The molecular weight excluding hydrogens is 236 g/mol. The van der Waals surface area contributed by atoms with Gasteiger partial charge in [-0.15, -0.1) is 22.7 Å². The molecule has 86 valence electrons. The number of hydrogen-bond acceptors (Lipinski definition) is 4. The van der Waals surface area contributed by atoms with Gasteiger partial charge in [0.25, 0.3) is 0 Å². The number of hydrogen-bond donors (Lipinski definition) is 1. The minimum absolute atomic E-state index is 0.691. The van der Waals surface area contributed by atoms with Crippen LogP contribution in [0.25, 0.3) is 10.6 Å². The summed E-state index contributed by atoms with van der Waals surface area (Å²) in [5.74, 6) is 0.691. The second-order valence-electron chi connectivity index (χ2n) is 4.13. The van der Waals surface area contributed by atoms with E-state index in [-0.39, 0.29) is 0 Å². The molecule has 4 heteroatoms. The van der Waals surface area contributed by atoms with E-state index in [0.717, 1.165) is 18.8 Å². The van der Waals surface area contributed by atoms with E-state index in [4.69, 9.17) is 0 Å². The minimum Gasteiger partial charge on any atom is -0.310 e. The van der Waals surface area contributed by atoms with Gasteiger partial charge in [-0.05, 0) is 23.9 Å². The minimum atomic E-state index is 0.691. The van der Waals surface area contributed by atoms with Crippen LogP contribution in [0.15, 0.2) is 22.9 Å². The average molecular weight is 252 g/mol. The summed E-state index contributed by atoms with van der Waals surface area (Å²) in [5, 5.41) is 8.81. The first-order chi connectivity index (χ1) is 7.75. The normalized spacial score (nSPS) is 11.2. The third-order valence-electron chi connectivity index (χ3n) is 2.15. The summed E-state index contributed by atoms with van der Waals surface area (Å²) in [6.45, 7) is 6.36. The summed E-state index contributed by atoms with van der Waals surface area (Å²) >= 11 is 3.47. The van der Waals surface area contributed by atoms with E-state index >= 15 is 0 Å². The van der Waals surface area contributed by atoms with E-state index in [9.17, 15) is 0 Å². The van der Waals surface area contributed by atoms with E-state index in [0.29, 0.717) is 5.92 Å². The predicted octanol–water partition coefficient (Wildman–Crippen LogP) is 3.62. The van der Waals surface area contributed by atoms with Gasteiger partial charge in [-0.1, -0.05) is 19.9 Å². The summed E-state index contributed by atoms with van der Waals surface area (Å²) in [4.78, 5) is 5.87. The highest BCUT2D eigenvalue weighted by Crippen LogP contribution is 2.25. The van der Waals surface area contributed by atoms with Crippen LogP contribution < -0.4 is 5.32 Å². The van der Waals surface area contributed by atoms with Crippen molar-refractivity contribution in [3.05, 3.63) is 27.9 Å². The summed E-state index contributed by atoms with van der Waals surface area (Å²) in [5.41, 5.74) is 1.11. The molecule has 0 saturated heterocycles. The Labute approximate surface area is 104 Å². The zero-order valence-corrected chi connectivity index (χ0v) is 11.2. The molecule has 0 aliphatic rings. The Morgan fingerprint density at radius 3 is 2.94 bits per heavy atom. The fourth-order valence-electron chi connectivity index (χ4n) is 1.40. The van der Waals surface area contributed by atoms with Gasteiger partial charge in [0.15, 0.2) is 0 Å². The van der Waals surface area contributed by atoms with Gasteiger partial charge in [-0.25, -0.2) is 4.98 Å². The number of thiophene rings is 1. The topological polar surface area (TPSA) is 24.9 Å². The Hall–Kier alpha value is -0.710. The number of thiazole rings is 1. The van der Waals surface area contributed by atoms with Gasteiger partial charge in [0.05, 0.1) is 10.6 Å². The van der Waals surface area contributed by atoms with Crippen molar-refractivity contribution in [1.29, 1.82) is 0 Å². The molecule has 0 radical (unpaired) electrons. The molecule has 0 aromatic carbocycles. The van der Waals surface area contributed by atoms with Gasteiger partial charge in [-0.3, -0.25) is 0 Å². The maximum Gasteiger partial charge on any atom is 0.107 e. The van der Waals surface area contributed by atoms with Crippen LogP contribution in [0.1, 0.15) is 18.9 Å². The molecule has 2 aromatic rings. The van der Waals surface area contributed by atoms with E-state index in [1.54, 1.807) is 22.7 Å². The standard InChI is InChI=1S/C12H16N2S2/c1-9(2)6-13-7-12-14-10(8-16-12)11-4-3-5-15-11/h3-5,8-9,13H,6-7H2,1-2H3. The van der Waals surface area contributed by atoms with Crippen LogP contribution in [0, 0.1) is 5.92 Å². The Kier molecular flexibility index (Phi) is 4.09. The van der Waals surface area contributed by atoms with E-state index < -0.39 is 0 Å². The van der Waals surface area contributed by atoms with Crippen molar-refractivity contribution in [3.63, 3.8) is 0 Å². The van der Waals surface area contributed by atoms with Gasteiger partial charge in [-0.2, -0.15) is 0 Å². The molecule has 0 unspecified atom stereocenters. The van der Waals surface area contributed by atoms with Gasteiger partial charge < -0.3 is 5.32 Å². The molecule has 0 atom stereocenters. The molecule has 0 saturated carbocycles. The lowest BCUT2D eigenvalue weighted by Crippen LogP contribution is -2.18. The molecule has 0 aliphatic heterocycles. The van der Waals surface area contributed by atoms with E-state index in [1.807, 2.05) is 0 Å². The first-order valence-electron chi connectivity index (χ1n) is 5.44. The van der Waals surface area contributed by atoms with Crippen molar-refractivity contribution in [3.8, 4) is 10.6 Å². The van der Waals surface area contributed by atoms with Gasteiger partial charge in [0.2, 0.25) is 0 Å². The van der Waals surface area contributed by atoms with Gasteiger partial charge in [0.1, 0.15) is 5.01 Å². The molecule has 0 amide bonds. The van der Waals surface area contributed by atoms with Crippen LogP contribution in [0.5, 0.6) is 0 Å². The fraction of sp³-hybridized carbons (Fsp3) is 0.417. The van der Waals surface area contributed by atoms with Crippen LogP contribution in [-0.4, -0.2) is 11.5 Å². The molecule has 0 bridgehead atoms. The summed E-state index contributed by atoms with van der Waals surface area (Å²) < 4.78 is 0. The van der Waals surface area contributed by atoms with Crippen molar-refractivity contribution in [2.75, 3.05) is 6.54 Å². The van der Waals surface area contributed by atoms with Crippen LogP contribution in [0.2, 0.25) is 0 Å². The van der Waals surface area contributed by atoms with Crippen LogP contribution in [-0.2, 0) is 6.54 Å². The van der Waals surface area contributed by atoms with E-state index in [1.165, 1.54) is 9.88 Å². The highest BCUT2D eigenvalue weighted by molar-refractivity contribution is 7.14. The van der Waals surface area contributed by atoms with Crippen LogP contribution in [0.3, 0.4) is 0 Å². The van der Waals surface area contributed by atoms with Crippen LogP contribution >= 0.6 is 22.7 Å². The second-order valence-corrected chi connectivity index (χ2v) is 6.02. The van der Waals surface area contributed by atoms with Crippen molar-refractivity contribution >= 4 is 22.7 Å². The zero-order valence-electron chi connectivity index (χ0n) is 9.56. The number of aromatic nitrogens is 1. The Balaban J connectivity index is 1.93. The first kappa shape index (κ1) is 11.8. The van der Waals surface area contributed by atoms with Crippen molar-refractivity contribution < 1.29 is 0 Å². The molecular formula is C12H16N2S2. The third kappa shape index (κ3) is 3.14. The molecule has 2 nitrogen and oxygen atoms in total. The SMILES string of the molecule is CC(C)CNCc1nc(-c2cccs2)cs1. The summed E-state index contributed by atoms with van der Waals surface area (Å²) in [6, 6.07) is 4.18. The Morgan fingerprint density at radius 2 is 2.25 bits per heavy atom. The molecule has 1 N–H and O–H groups in total. The quantitative estimate of drug-likeness (QED) is 0.879. The monoisotopic (exact) mass is 252 g/mol. The molecule has 16 heavy (non-hydrogen) atoms. The van der Waals surface area contributed by atoms with Crippen molar-refractivity contribution in [1.82, 2.24) is 10.3 Å². The van der Waals surface area contributed by atoms with Crippen molar-refractivity contribution in [2.24, 2.45) is 5.92 Å². The second kappa shape index (κ2) is 5.57. The molecule has 2 heterocycles. The van der Waals surface area contributed by atoms with Crippen LogP contribution in [0.4, 0.5) is 0 Å². The predicted molar refractivity (Wildman–Crippen MR) is 72.0 cm³/mol. The largest absolute Gasteiger partial charge is 0.310 e. The van der Waals surface area contributed by atoms with Gasteiger partial charge >= 0.3 is 0 Å². The number of rotatable bonds is 5. The maximum absolute atomic E-state index is 4.62. The smallest absolute Gasteiger partial charge is 0.107 e. The third-order valence-corrected chi connectivity index (χ3v) is 3.90. The number of nitrogens with one attached hydrogen (secondary N) is 1. The lowest BCUT2D eigenvalue weighted by molar-refractivity contribution is 0.551. The lowest BCUT2D eigenvalue weighted by atomic mass is 10.2. The lowest BCUT2D eigenvalue weighted by Gasteiger charge is -2.04. The molecule has 0 spiro atoms. The Bertz CT molecular complexity index is 418. The molecule has 0 aliphatic carbocycles. The highest BCUT2D eigenvalue weighted by atomic mass is 32.1. The van der Waals surface area contributed by atoms with Gasteiger partial charge in [0, 0.05) is 11.9 Å². The summed E-state index contributed by atoms with van der Waals surface area (Å²) in [6.07, 6.45) is 0. The Morgan fingerprint density at radius 1 is 1.38 bits per heavy atom. The highest BCUT2D eigenvalue weighted by Gasteiger charge is 2.04. The number of nitrogens with zero attached hydrogens (tertiary/aromatic N) is 1. The average Bonchev–Trinajstić information content (AvgIpc) is 2.85. The first-order valence-corrected chi connectivity index (χ1v) is 7.20. The zero-order chi connectivity index (χ0) is 11.4. The fourth-order valence-corrected chi connectivity index (χ4v) is 2.92. The molecule has 0 fully saturated rings. The molecule has 2 rings (SSSR count).